The molecule has 1 aromatic heterocycles. The molecular formula is C27H25NO3. The number of ether oxygens (including phenoxy) is 3. The fourth-order valence-corrected chi connectivity index (χ4v) is 3.53. The van der Waals surface area contributed by atoms with Gasteiger partial charge in [-0.1, -0.05) is 36.4 Å². The molecule has 4 rings (SSSR count). The number of hydrogen-bond acceptors (Lipinski definition) is 4. The topological polar surface area (TPSA) is 40.6 Å². The number of benzene rings is 3. The van der Waals surface area contributed by atoms with E-state index in [1.165, 1.54) is 5.56 Å². The first kappa shape index (κ1) is 20.5. The van der Waals surface area contributed by atoms with Gasteiger partial charge >= 0.3 is 0 Å². The molecule has 3 aromatic carbocycles. The fourth-order valence-electron chi connectivity index (χ4n) is 3.53. The highest BCUT2D eigenvalue weighted by molar-refractivity contribution is 5.74. The first-order valence-electron chi connectivity index (χ1n) is 10.1. The molecule has 0 saturated heterocycles. The Morgan fingerprint density at radius 3 is 1.58 bits per heavy atom. The van der Waals surface area contributed by atoms with Gasteiger partial charge in [-0.3, -0.25) is 4.98 Å². The molecule has 4 nitrogen and oxygen atoms in total. The van der Waals surface area contributed by atoms with E-state index in [2.05, 4.69) is 42.5 Å². The second-order valence-corrected chi connectivity index (χ2v) is 7.20. The van der Waals surface area contributed by atoms with E-state index in [-0.39, 0.29) is 0 Å². The van der Waals surface area contributed by atoms with E-state index in [1.54, 1.807) is 21.3 Å². The van der Waals surface area contributed by atoms with Gasteiger partial charge in [-0.15, -0.1) is 0 Å². The molecule has 0 N–H and O–H groups in total. The summed E-state index contributed by atoms with van der Waals surface area (Å²) >= 11 is 0. The lowest BCUT2D eigenvalue weighted by Crippen LogP contribution is -1.98. The van der Waals surface area contributed by atoms with Crippen LogP contribution in [0.1, 0.15) is 11.3 Å². The monoisotopic (exact) mass is 411 g/mol. The molecule has 31 heavy (non-hydrogen) atoms. The number of aromatic nitrogens is 1. The van der Waals surface area contributed by atoms with Gasteiger partial charge in [0.2, 0.25) is 0 Å². The normalized spacial score (nSPS) is 10.5. The minimum absolute atomic E-state index is 0.730. The molecule has 0 atom stereocenters. The Hall–Kier alpha value is -3.79. The van der Waals surface area contributed by atoms with Crippen LogP contribution < -0.4 is 14.2 Å². The molecule has 0 aliphatic rings. The minimum atomic E-state index is 0.730. The zero-order chi connectivity index (χ0) is 21.6. The third kappa shape index (κ3) is 4.69. The number of nitrogens with zero attached hydrogens (tertiary/aromatic N) is 1. The van der Waals surface area contributed by atoms with Crippen LogP contribution in [0.4, 0.5) is 0 Å². The Balaban J connectivity index is 1.74. The average molecular weight is 412 g/mol. The van der Waals surface area contributed by atoms with E-state index in [1.807, 2.05) is 42.6 Å². The van der Waals surface area contributed by atoms with Crippen LogP contribution in [0.15, 0.2) is 85.1 Å². The number of hydrogen-bond donors (Lipinski definition) is 0. The van der Waals surface area contributed by atoms with Crippen molar-refractivity contribution in [2.24, 2.45) is 0 Å². The van der Waals surface area contributed by atoms with Gasteiger partial charge in [0.1, 0.15) is 17.2 Å². The molecule has 0 aliphatic carbocycles. The molecule has 0 spiro atoms. The molecule has 4 aromatic rings. The first-order chi connectivity index (χ1) is 15.2. The van der Waals surface area contributed by atoms with Gasteiger partial charge in [-0.2, -0.15) is 0 Å². The summed E-state index contributed by atoms with van der Waals surface area (Å²) in [6, 6.07) is 26.5. The van der Waals surface area contributed by atoms with E-state index < -0.39 is 0 Å². The van der Waals surface area contributed by atoms with Crippen molar-refractivity contribution in [3.63, 3.8) is 0 Å². The van der Waals surface area contributed by atoms with Crippen molar-refractivity contribution in [2.75, 3.05) is 21.3 Å². The summed E-state index contributed by atoms with van der Waals surface area (Å²) in [4.78, 5) is 4.86. The van der Waals surface area contributed by atoms with Crippen LogP contribution in [-0.2, 0) is 6.42 Å². The van der Waals surface area contributed by atoms with E-state index in [4.69, 9.17) is 19.2 Å². The Labute approximate surface area is 183 Å². The highest BCUT2D eigenvalue weighted by Crippen LogP contribution is 2.31. The maximum atomic E-state index is 5.33. The fraction of sp³-hybridized carbons (Fsp3) is 0.148. The maximum Gasteiger partial charge on any atom is 0.118 e. The Morgan fingerprint density at radius 2 is 1.06 bits per heavy atom. The predicted octanol–water partition coefficient (Wildman–Crippen LogP) is 6.03. The summed E-state index contributed by atoms with van der Waals surface area (Å²) in [5, 5.41) is 0. The van der Waals surface area contributed by atoms with Gasteiger partial charge < -0.3 is 14.2 Å². The van der Waals surface area contributed by atoms with Crippen molar-refractivity contribution < 1.29 is 14.2 Å². The van der Waals surface area contributed by atoms with Gasteiger partial charge in [0.25, 0.3) is 0 Å². The van der Waals surface area contributed by atoms with Crippen molar-refractivity contribution in [1.29, 1.82) is 0 Å². The second kappa shape index (κ2) is 9.35. The largest absolute Gasteiger partial charge is 0.497 e. The molecule has 0 amide bonds. The minimum Gasteiger partial charge on any atom is -0.497 e. The molecular weight excluding hydrogens is 386 g/mol. The van der Waals surface area contributed by atoms with Crippen LogP contribution in [-0.4, -0.2) is 26.3 Å². The van der Waals surface area contributed by atoms with Crippen LogP contribution in [0, 0.1) is 0 Å². The SMILES string of the molecule is COc1ccc(Cc2ncc(-c3ccc(OC)cc3)cc2-c2ccc(OC)cc2)cc1. The Morgan fingerprint density at radius 1 is 0.581 bits per heavy atom. The molecule has 4 heteroatoms. The van der Waals surface area contributed by atoms with Gasteiger partial charge in [-0.25, -0.2) is 0 Å². The standard InChI is InChI=1S/C27H25NO3/c1-29-23-10-4-19(5-11-23)16-27-26(21-8-14-25(31-3)15-9-21)17-22(18-28-27)20-6-12-24(30-2)13-7-20/h4-15,17-18H,16H2,1-3H3. The van der Waals surface area contributed by atoms with Crippen LogP contribution in [0.25, 0.3) is 22.3 Å². The lowest BCUT2D eigenvalue weighted by atomic mass is 9.96. The highest BCUT2D eigenvalue weighted by Gasteiger charge is 2.11. The van der Waals surface area contributed by atoms with Crippen molar-refractivity contribution in [3.05, 3.63) is 96.3 Å². The summed E-state index contributed by atoms with van der Waals surface area (Å²) in [5.41, 5.74) is 6.57. The summed E-state index contributed by atoms with van der Waals surface area (Å²) in [6.45, 7) is 0. The van der Waals surface area contributed by atoms with Crippen LogP contribution in [0.2, 0.25) is 0 Å². The van der Waals surface area contributed by atoms with E-state index in [0.29, 0.717) is 0 Å². The van der Waals surface area contributed by atoms with Crippen LogP contribution >= 0.6 is 0 Å². The molecule has 1 heterocycles. The van der Waals surface area contributed by atoms with E-state index >= 15 is 0 Å². The van der Waals surface area contributed by atoms with Crippen molar-refractivity contribution in [2.45, 2.75) is 6.42 Å². The van der Waals surface area contributed by atoms with E-state index in [0.717, 1.165) is 51.6 Å². The summed E-state index contributed by atoms with van der Waals surface area (Å²) < 4.78 is 15.9. The maximum absolute atomic E-state index is 5.33. The quantitative estimate of drug-likeness (QED) is 0.372. The van der Waals surface area contributed by atoms with Crippen molar-refractivity contribution >= 4 is 0 Å². The molecule has 0 unspecified atom stereocenters. The molecule has 0 bridgehead atoms. The zero-order valence-electron chi connectivity index (χ0n) is 18.0. The molecule has 0 fully saturated rings. The Bertz CT molecular complexity index is 1130. The van der Waals surface area contributed by atoms with Crippen molar-refractivity contribution in [1.82, 2.24) is 4.98 Å². The van der Waals surface area contributed by atoms with Gasteiger partial charge in [0, 0.05) is 23.7 Å². The summed E-state index contributed by atoms with van der Waals surface area (Å²) in [7, 11) is 5.03. The first-order valence-corrected chi connectivity index (χ1v) is 10.1. The summed E-state index contributed by atoms with van der Waals surface area (Å²) in [5.74, 6) is 2.52. The van der Waals surface area contributed by atoms with Crippen LogP contribution in [0.5, 0.6) is 17.2 Å². The van der Waals surface area contributed by atoms with Gasteiger partial charge in [0.15, 0.2) is 0 Å². The average Bonchev–Trinajstić information content (AvgIpc) is 2.85. The third-order valence-electron chi connectivity index (χ3n) is 5.33. The van der Waals surface area contributed by atoms with Gasteiger partial charge in [-0.05, 0) is 59.2 Å². The lowest BCUT2D eigenvalue weighted by Gasteiger charge is -2.13. The molecule has 156 valence electrons. The lowest BCUT2D eigenvalue weighted by molar-refractivity contribution is 0.414. The van der Waals surface area contributed by atoms with Crippen LogP contribution in [0.3, 0.4) is 0 Å². The number of methoxy groups -OCH3 is 3. The zero-order valence-corrected chi connectivity index (χ0v) is 18.0. The third-order valence-corrected chi connectivity index (χ3v) is 5.33. The smallest absolute Gasteiger partial charge is 0.118 e. The molecule has 0 aliphatic heterocycles. The van der Waals surface area contributed by atoms with E-state index in [9.17, 15) is 0 Å². The molecule has 0 saturated carbocycles. The number of pyridine rings is 1. The number of rotatable bonds is 7. The Kier molecular flexibility index (Phi) is 6.18. The summed E-state index contributed by atoms with van der Waals surface area (Å²) in [6.07, 6.45) is 2.67. The van der Waals surface area contributed by atoms with Gasteiger partial charge in [0.05, 0.1) is 27.0 Å². The predicted molar refractivity (Wildman–Crippen MR) is 124 cm³/mol. The highest BCUT2D eigenvalue weighted by atomic mass is 16.5. The molecule has 0 radical (unpaired) electrons. The van der Waals surface area contributed by atoms with Crippen molar-refractivity contribution in [3.8, 4) is 39.5 Å². The second-order valence-electron chi connectivity index (χ2n) is 7.20.